The number of nitrogens with zero attached hydrogens (tertiary/aromatic N) is 2. The van der Waals surface area contributed by atoms with Crippen LogP contribution in [0.5, 0.6) is 0 Å². The summed E-state index contributed by atoms with van der Waals surface area (Å²) in [5, 5.41) is 11.4. The number of aliphatic hydroxyl groups excluding tert-OH is 1. The lowest BCUT2D eigenvalue weighted by Gasteiger charge is -2.33. The second-order valence-electron chi connectivity index (χ2n) is 6.48. The van der Waals surface area contributed by atoms with Gasteiger partial charge in [0.25, 0.3) is 0 Å². The zero-order valence-electron chi connectivity index (χ0n) is 12.4. The van der Waals surface area contributed by atoms with Crippen LogP contribution >= 0.6 is 11.3 Å². The Morgan fingerprint density at radius 2 is 2.30 bits per heavy atom. The van der Waals surface area contributed by atoms with E-state index in [0.717, 1.165) is 36.4 Å². The molecule has 1 unspecified atom stereocenters. The predicted molar refractivity (Wildman–Crippen MR) is 82.1 cm³/mol. The van der Waals surface area contributed by atoms with Crippen molar-refractivity contribution in [2.45, 2.75) is 52.7 Å². The van der Waals surface area contributed by atoms with Crippen molar-refractivity contribution in [3.8, 4) is 0 Å². The fourth-order valence-electron chi connectivity index (χ4n) is 3.07. The van der Waals surface area contributed by atoms with Gasteiger partial charge in [0.05, 0.1) is 12.6 Å². The molecule has 108 valence electrons. The van der Waals surface area contributed by atoms with Crippen molar-refractivity contribution in [1.29, 1.82) is 0 Å². The molecule has 0 fully saturated rings. The summed E-state index contributed by atoms with van der Waals surface area (Å²) in [6.07, 6.45) is 6.68. The van der Waals surface area contributed by atoms with E-state index in [-0.39, 0.29) is 11.5 Å². The topological polar surface area (TPSA) is 38.0 Å². The Labute approximate surface area is 124 Å². The van der Waals surface area contributed by atoms with Gasteiger partial charge in [0.15, 0.2) is 0 Å². The Hall–Kier alpha value is -1.13. The summed E-state index contributed by atoms with van der Waals surface area (Å²) in [7, 11) is 0. The summed E-state index contributed by atoms with van der Waals surface area (Å²) >= 11 is 1.79. The SMILES string of the molecule is CCc1cnc(Cn2ccc3c2CC(C)(C)CC3O)s1. The first-order chi connectivity index (χ1) is 9.48. The highest BCUT2D eigenvalue weighted by atomic mass is 32.1. The third-order valence-corrected chi connectivity index (χ3v) is 5.25. The van der Waals surface area contributed by atoms with E-state index in [9.17, 15) is 5.11 Å². The minimum atomic E-state index is -0.322. The van der Waals surface area contributed by atoms with Gasteiger partial charge in [0, 0.05) is 28.5 Å². The average Bonchev–Trinajstić information content (AvgIpc) is 2.96. The molecule has 0 aliphatic heterocycles. The fourth-order valence-corrected chi connectivity index (χ4v) is 3.93. The van der Waals surface area contributed by atoms with Crippen LogP contribution in [-0.2, 0) is 19.4 Å². The second-order valence-corrected chi connectivity index (χ2v) is 7.68. The van der Waals surface area contributed by atoms with E-state index < -0.39 is 0 Å². The van der Waals surface area contributed by atoms with Gasteiger partial charge in [-0.15, -0.1) is 11.3 Å². The molecule has 3 rings (SSSR count). The Morgan fingerprint density at radius 3 is 3.00 bits per heavy atom. The van der Waals surface area contributed by atoms with E-state index in [1.165, 1.54) is 10.6 Å². The first kappa shape index (κ1) is 13.8. The lowest BCUT2D eigenvalue weighted by atomic mass is 9.75. The minimum Gasteiger partial charge on any atom is -0.388 e. The van der Waals surface area contributed by atoms with Gasteiger partial charge < -0.3 is 9.67 Å². The van der Waals surface area contributed by atoms with Gasteiger partial charge in [-0.1, -0.05) is 20.8 Å². The van der Waals surface area contributed by atoms with Crippen LogP contribution in [0.2, 0.25) is 0 Å². The summed E-state index contributed by atoms with van der Waals surface area (Å²) in [5.41, 5.74) is 2.55. The molecule has 4 heteroatoms. The van der Waals surface area contributed by atoms with Crippen LogP contribution < -0.4 is 0 Å². The smallest absolute Gasteiger partial charge is 0.113 e. The molecule has 20 heavy (non-hydrogen) atoms. The van der Waals surface area contributed by atoms with Gasteiger partial charge in [-0.3, -0.25) is 0 Å². The number of aromatic nitrogens is 2. The molecule has 2 aromatic heterocycles. The normalized spacial score (nSPS) is 20.9. The molecule has 0 saturated carbocycles. The molecule has 3 nitrogen and oxygen atoms in total. The number of aliphatic hydroxyl groups is 1. The number of rotatable bonds is 3. The third kappa shape index (κ3) is 2.54. The summed E-state index contributed by atoms with van der Waals surface area (Å²) in [6, 6.07) is 2.07. The first-order valence-electron chi connectivity index (χ1n) is 7.28. The van der Waals surface area contributed by atoms with Gasteiger partial charge in [0.1, 0.15) is 5.01 Å². The number of hydrogen-bond donors (Lipinski definition) is 1. The Balaban J connectivity index is 1.89. The maximum atomic E-state index is 10.3. The summed E-state index contributed by atoms with van der Waals surface area (Å²) < 4.78 is 2.26. The molecule has 1 atom stereocenters. The molecular formula is C16H22N2OS. The van der Waals surface area contributed by atoms with Gasteiger partial charge in [-0.2, -0.15) is 0 Å². The van der Waals surface area contributed by atoms with Crippen molar-refractivity contribution in [1.82, 2.24) is 9.55 Å². The molecule has 0 radical (unpaired) electrons. The monoisotopic (exact) mass is 290 g/mol. The second kappa shape index (κ2) is 5.01. The Morgan fingerprint density at radius 1 is 1.50 bits per heavy atom. The van der Waals surface area contributed by atoms with Crippen molar-refractivity contribution >= 4 is 11.3 Å². The molecular weight excluding hydrogens is 268 g/mol. The van der Waals surface area contributed by atoms with Crippen LogP contribution in [0.4, 0.5) is 0 Å². The summed E-state index contributed by atoms with van der Waals surface area (Å²) in [5.74, 6) is 0. The van der Waals surface area contributed by atoms with Gasteiger partial charge >= 0.3 is 0 Å². The lowest BCUT2D eigenvalue weighted by Crippen LogP contribution is -2.26. The summed E-state index contributed by atoms with van der Waals surface area (Å²) in [4.78, 5) is 5.84. The Kier molecular flexibility index (Phi) is 3.46. The highest BCUT2D eigenvalue weighted by Crippen LogP contribution is 2.41. The summed E-state index contributed by atoms with van der Waals surface area (Å²) in [6.45, 7) is 7.45. The van der Waals surface area contributed by atoms with Crippen LogP contribution in [-0.4, -0.2) is 14.7 Å². The van der Waals surface area contributed by atoms with Gasteiger partial charge in [-0.25, -0.2) is 4.98 Å². The highest BCUT2D eigenvalue weighted by molar-refractivity contribution is 7.11. The van der Waals surface area contributed by atoms with Gasteiger partial charge in [0.2, 0.25) is 0 Å². The maximum Gasteiger partial charge on any atom is 0.113 e. The minimum absolute atomic E-state index is 0.167. The highest BCUT2D eigenvalue weighted by Gasteiger charge is 2.33. The third-order valence-electron chi connectivity index (χ3n) is 4.12. The lowest BCUT2D eigenvalue weighted by molar-refractivity contribution is 0.0981. The molecule has 2 heterocycles. The number of fused-ring (bicyclic) bond motifs is 1. The molecule has 0 amide bonds. The van der Waals surface area contributed by atoms with Crippen molar-refractivity contribution in [2.75, 3.05) is 0 Å². The molecule has 0 bridgehead atoms. The quantitative estimate of drug-likeness (QED) is 0.938. The van der Waals surface area contributed by atoms with Gasteiger partial charge in [-0.05, 0) is 30.7 Å². The van der Waals surface area contributed by atoms with Crippen molar-refractivity contribution in [3.05, 3.63) is 39.6 Å². The number of thiazole rings is 1. The van der Waals surface area contributed by atoms with Crippen molar-refractivity contribution < 1.29 is 5.11 Å². The van der Waals surface area contributed by atoms with E-state index in [1.54, 1.807) is 11.3 Å². The molecule has 2 aromatic rings. The van der Waals surface area contributed by atoms with Crippen LogP contribution in [0.25, 0.3) is 0 Å². The fraction of sp³-hybridized carbons (Fsp3) is 0.562. The largest absolute Gasteiger partial charge is 0.388 e. The van der Waals surface area contributed by atoms with Crippen LogP contribution in [0.1, 0.15) is 54.4 Å². The molecule has 0 aromatic carbocycles. The molecule has 1 aliphatic carbocycles. The van der Waals surface area contributed by atoms with Crippen molar-refractivity contribution in [2.24, 2.45) is 5.41 Å². The molecule has 0 spiro atoms. The van der Waals surface area contributed by atoms with Crippen molar-refractivity contribution in [3.63, 3.8) is 0 Å². The zero-order chi connectivity index (χ0) is 14.3. The standard InChI is InChI=1S/C16H22N2OS/c1-4-11-9-17-15(20-11)10-18-6-5-12-13(18)7-16(2,3)8-14(12)19/h5-6,9,14,19H,4,7-8,10H2,1-3H3. The van der Waals surface area contributed by atoms with E-state index in [4.69, 9.17) is 0 Å². The molecule has 1 N–H and O–H groups in total. The predicted octanol–water partition coefficient (Wildman–Crippen LogP) is 3.56. The number of aryl methyl sites for hydroxylation is 1. The number of hydrogen-bond acceptors (Lipinski definition) is 3. The molecule has 1 aliphatic rings. The van der Waals surface area contributed by atoms with E-state index in [2.05, 4.69) is 42.6 Å². The molecule has 0 saturated heterocycles. The Bertz CT molecular complexity index is 612. The first-order valence-corrected chi connectivity index (χ1v) is 8.10. The van der Waals surface area contributed by atoms with E-state index >= 15 is 0 Å². The maximum absolute atomic E-state index is 10.3. The van der Waals surface area contributed by atoms with Crippen LogP contribution in [0, 0.1) is 5.41 Å². The average molecular weight is 290 g/mol. The van der Waals surface area contributed by atoms with Crippen LogP contribution in [0.15, 0.2) is 18.5 Å². The van der Waals surface area contributed by atoms with E-state index in [1.807, 2.05) is 6.20 Å². The van der Waals surface area contributed by atoms with E-state index in [0.29, 0.717) is 0 Å². The zero-order valence-corrected chi connectivity index (χ0v) is 13.2. The van der Waals surface area contributed by atoms with Crippen LogP contribution in [0.3, 0.4) is 0 Å².